The number of amides is 1. The molecule has 2 aromatic carbocycles. The number of benzene rings is 2. The molecule has 1 heterocycles. The van der Waals surface area contributed by atoms with Gasteiger partial charge in [-0.1, -0.05) is 12.1 Å². The molecule has 1 aliphatic heterocycles. The van der Waals surface area contributed by atoms with E-state index in [0.717, 1.165) is 0 Å². The van der Waals surface area contributed by atoms with Gasteiger partial charge >= 0.3 is 5.97 Å². The van der Waals surface area contributed by atoms with Gasteiger partial charge in [0.05, 0.1) is 37.3 Å². The zero-order chi connectivity index (χ0) is 22.5. The molecule has 1 atom stereocenters. The van der Waals surface area contributed by atoms with Gasteiger partial charge in [-0.05, 0) is 23.8 Å². The lowest BCUT2D eigenvalue weighted by Crippen LogP contribution is -2.27. The average Bonchev–Trinajstić information content (AvgIpc) is 3.22. The van der Waals surface area contributed by atoms with Crippen LogP contribution in [0.4, 0.5) is 5.69 Å². The summed E-state index contributed by atoms with van der Waals surface area (Å²) in [6.45, 7) is 0. The average molecular weight is 427 g/mol. The third-order valence-electron chi connectivity index (χ3n) is 4.90. The van der Waals surface area contributed by atoms with Gasteiger partial charge in [0.15, 0.2) is 11.5 Å². The molecular formula is C21H21N3O7. The summed E-state index contributed by atoms with van der Waals surface area (Å²) in [6.07, 6.45) is -0.267. The van der Waals surface area contributed by atoms with E-state index < -0.39 is 22.8 Å². The Kier molecular flexibility index (Phi) is 6.49. The first-order valence-corrected chi connectivity index (χ1v) is 9.42. The minimum absolute atomic E-state index is 0.102. The van der Waals surface area contributed by atoms with Crippen LogP contribution in [0.1, 0.15) is 36.4 Å². The normalized spacial score (nSPS) is 15.4. The molecule has 2 aromatic rings. The lowest BCUT2D eigenvalue weighted by molar-refractivity contribution is -0.385. The Hall–Kier alpha value is -3.95. The summed E-state index contributed by atoms with van der Waals surface area (Å²) in [5, 5.41) is 25.8. The van der Waals surface area contributed by atoms with Crippen LogP contribution in [-0.2, 0) is 9.59 Å². The number of nitro benzene ring substituents is 1. The number of carboxylic acid groups (broad SMARTS) is 1. The van der Waals surface area contributed by atoms with Crippen molar-refractivity contribution >= 4 is 23.3 Å². The number of rotatable bonds is 8. The highest BCUT2D eigenvalue weighted by Gasteiger charge is 2.34. The number of hydrazone groups is 1. The first-order chi connectivity index (χ1) is 14.8. The molecule has 0 saturated carbocycles. The number of aliphatic carboxylic acids is 1. The molecule has 31 heavy (non-hydrogen) atoms. The van der Waals surface area contributed by atoms with E-state index in [9.17, 15) is 19.7 Å². The lowest BCUT2D eigenvalue weighted by atomic mass is 9.97. The summed E-state index contributed by atoms with van der Waals surface area (Å²) in [4.78, 5) is 34.3. The highest BCUT2D eigenvalue weighted by Crippen LogP contribution is 2.36. The van der Waals surface area contributed by atoms with Crippen LogP contribution >= 0.6 is 0 Å². The standard InChI is InChI=1S/C21H21N3O7/c1-30-18-7-6-13(11-19(18)31-2)16-12-17(14-4-3-5-15(10-14)24(28)29)23(22-16)20(25)8-9-21(26)27/h3-7,10-11,17H,8-9,12H2,1-2H3,(H,26,27). The molecule has 162 valence electrons. The topological polar surface area (TPSA) is 132 Å². The zero-order valence-electron chi connectivity index (χ0n) is 17.0. The fraction of sp³-hybridized carbons (Fsp3) is 0.286. The van der Waals surface area contributed by atoms with E-state index in [4.69, 9.17) is 14.6 Å². The van der Waals surface area contributed by atoms with Crippen LogP contribution in [0, 0.1) is 10.1 Å². The second kappa shape index (κ2) is 9.24. The van der Waals surface area contributed by atoms with Gasteiger partial charge in [-0.15, -0.1) is 0 Å². The maximum Gasteiger partial charge on any atom is 0.303 e. The molecule has 0 saturated heterocycles. The van der Waals surface area contributed by atoms with E-state index in [-0.39, 0.29) is 18.5 Å². The minimum Gasteiger partial charge on any atom is -0.493 e. The van der Waals surface area contributed by atoms with Crippen LogP contribution in [0.25, 0.3) is 0 Å². The molecule has 0 bridgehead atoms. The van der Waals surface area contributed by atoms with Crippen LogP contribution < -0.4 is 9.47 Å². The molecule has 0 fully saturated rings. The number of methoxy groups -OCH3 is 2. The van der Waals surface area contributed by atoms with Crippen LogP contribution in [0.15, 0.2) is 47.6 Å². The molecule has 0 spiro atoms. The Morgan fingerprint density at radius 3 is 2.55 bits per heavy atom. The predicted molar refractivity (Wildman–Crippen MR) is 110 cm³/mol. The highest BCUT2D eigenvalue weighted by molar-refractivity contribution is 6.03. The summed E-state index contributed by atoms with van der Waals surface area (Å²) in [5.41, 5.74) is 1.70. The van der Waals surface area contributed by atoms with Crippen molar-refractivity contribution in [3.8, 4) is 11.5 Å². The van der Waals surface area contributed by atoms with Crippen molar-refractivity contribution in [2.45, 2.75) is 25.3 Å². The molecule has 0 radical (unpaired) electrons. The van der Waals surface area contributed by atoms with Gasteiger partial charge in [0, 0.05) is 30.5 Å². The SMILES string of the molecule is COc1ccc(C2=NN(C(=O)CCC(=O)O)C(c3cccc([N+](=O)[O-])c3)C2)cc1OC. The summed E-state index contributed by atoms with van der Waals surface area (Å²) >= 11 is 0. The molecule has 1 aliphatic rings. The van der Waals surface area contributed by atoms with Gasteiger partial charge in [-0.3, -0.25) is 19.7 Å². The Bertz CT molecular complexity index is 1050. The molecule has 0 aliphatic carbocycles. The first-order valence-electron chi connectivity index (χ1n) is 9.42. The summed E-state index contributed by atoms with van der Waals surface area (Å²) in [6, 6.07) is 10.6. The van der Waals surface area contributed by atoms with Gasteiger partial charge in [0.2, 0.25) is 5.91 Å². The zero-order valence-corrected chi connectivity index (χ0v) is 17.0. The van der Waals surface area contributed by atoms with Crippen LogP contribution in [0.5, 0.6) is 11.5 Å². The molecule has 3 rings (SSSR count). The van der Waals surface area contributed by atoms with E-state index >= 15 is 0 Å². The summed E-state index contributed by atoms with van der Waals surface area (Å²) in [5.74, 6) is -0.544. The molecule has 1 N–H and O–H groups in total. The number of hydrogen-bond acceptors (Lipinski definition) is 7. The van der Waals surface area contributed by atoms with Gasteiger partial charge < -0.3 is 14.6 Å². The molecule has 1 amide bonds. The summed E-state index contributed by atoms with van der Waals surface area (Å²) in [7, 11) is 3.03. The maximum atomic E-state index is 12.7. The Balaban J connectivity index is 1.98. The van der Waals surface area contributed by atoms with Crippen molar-refractivity contribution < 1.29 is 29.1 Å². The lowest BCUT2D eigenvalue weighted by Gasteiger charge is -2.21. The number of non-ortho nitro benzene ring substituents is 1. The monoisotopic (exact) mass is 427 g/mol. The van der Waals surface area contributed by atoms with E-state index in [2.05, 4.69) is 5.10 Å². The smallest absolute Gasteiger partial charge is 0.303 e. The fourth-order valence-corrected chi connectivity index (χ4v) is 3.36. The number of carbonyl (C=O) groups is 2. The minimum atomic E-state index is -1.09. The van der Waals surface area contributed by atoms with Crippen LogP contribution in [0.3, 0.4) is 0 Å². The number of nitrogens with zero attached hydrogens (tertiary/aromatic N) is 3. The predicted octanol–water partition coefficient (Wildman–Crippen LogP) is 3.15. The Morgan fingerprint density at radius 2 is 1.90 bits per heavy atom. The van der Waals surface area contributed by atoms with E-state index in [1.807, 2.05) is 0 Å². The number of nitro groups is 1. The van der Waals surface area contributed by atoms with Crippen molar-refractivity contribution in [1.29, 1.82) is 0 Å². The second-order valence-corrected chi connectivity index (χ2v) is 6.82. The van der Waals surface area contributed by atoms with Crippen molar-refractivity contribution in [2.24, 2.45) is 5.10 Å². The maximum absolute atomic E-state index is 12.7. The quantitative estimate of drug-likeness (QED) is 0.505. The van der Waals surface area contributed by atoms with E-state index in [1.54, 1.807) is 30.3 Å². The largest absolute Gasteiger partial charge is 0.493 e. The number of ether oxygens (including phenoxy) is 2. The van der Waals surface area contributed by atoms with Gasteiger partial charge in [0.1, 0.15) is 0 Å². The number of carboxylic acids is 1. The number of carbonyl (C=O) groups excluding carboxylic acids is 1. The van der Waals surface area contributed by atoms with Crippen molar-refractivity contribution in [3.05, 3.63) is 63.7 Å². The molecule has 0 aromatic heterocycles. The second-order valence-electron chi connectivity index (χ2n) is 6.82. The summed E-state index contributed by atoms with van der Waals surface area (Å²) < 4.78 is 10.6. The first kappa shape index (κ1) is 21.8. The Morgan fingerprint density at radius 1 is 1.16 bits per heavy atom. The van der Waals surface area contributed by atoms with Crippen LogP contribution in [-0.4, -0.2) is 46.8 Å². The van der Waals surface area contributed by atoms with Crippen LogP contribution in [0.2, 0.25) is 0 Å². The third kappa shape index (κ3) is 4.80. The Labute approximate surface area is 177 Å². The molecule has 1 unspecified atom stereocenters. The fourth-order valence-electron chi connectivity index (χ4n) is 3.36. The molecule has 10 heteroatoms. The van der Waals surface area contributed by atoms with E-state index in [0.29, 0.717) is 34.8 Å². The molecular weight excluding hydrogens is 406 g/mol. The van der Waals surface area contributed by atoms with Gasteiger partial charge in [-0.2, -0.15) is 5.10 Å². The van der Waals surface area contributed by atoms with E-state index in [1.165, 1.54) is 31.4 Å². The third-order valence-corrected chi connectivity index (χ3v) is 4.90. The molecule has 10 nitrogen and oxygen atoms in total. The van der Waals surface area contributed by atoms with Crippen molar-refractivity contribution in [2.75, 3.05) is 14.2 Å². The van der Waals surface area contributed by atoms with Gasteiger partial charge in [0.25, 0.3) is 5.69 Å². The number of hydrogen-bond donors (Lipinski definition) is 1. The van der Waals surface area contributed by atoms with Crippen molar-refractivity contribution in [3.63, 3.8) is 0 Å². The highest BCUT2D eigenvalue weighted by atomic mass is 16.6. The van der Waals surface area contributed by atoms with Crippen molar-refractivity contribution in [1.82, 2.24) is 5.01 Å². The van der Waals surface area contributed by atoms with Gasteiger partial charge in [-0.25, -0.2) is 5.01 Å².